The molecule has 2 heterocycles. The highest BCUT2D eigenvalue weighted by atomic mass is 14.7. The van der Waals surface area contributed by atoms with Crippen LogP contribution >= 0.6 is 0 Å². The van der Waals surface area contributed by atoms with Gasteiger partial charge in [0, 0.05) is 22.5 Å². The van der Waals surface area contributed by atoms with Crippen molar-refractivity contribution in [2.24, 2.45) is 0 Å². The minimum atomic E-state index is 0.512. The summed E-state index contributed by atoms with van der Waals surface area (Å²) in [6.45, 7) is 4.43. The molecule has 0 atom stereocenters. The van der Waals surface area contributed by atoms with Crippen molar-refractivity contribution in [1.29, 1.82) is 0 Å². The number of hydrogen-bond acceptors (Lipinski definition) is 2. The normalized spacial score (nSPS) is 11.4. The third kappa shape index (κ3) is 2.46. The molecule has 0 aliphatic carbocycles. The Morgan fingerprint density at radius 2 is 1.57 bits per heavy atom. The van der Waals surface area contributed by atoms with E-state index >= 15 is 0 Å². The van der Waals surface area contributed by atoms with Crippen molar-refractivity contribution in [3.05, 3.63) is 72.4 Å². The summed E-state index contributed by atoms with van der Waals surface area (Å²) in [5, 5.41) is 2.25. The van der Waals surface area contributed by atoms with Gasteiger partial charge in [0.2, 0.25) is 0 Å². The maximum absolute atomic E-state index is 4.91. The summed E-state index contributed by atoms with van der Waals surface area (Å²) in [5.41, 5.74) is 5.42. The molecule has 4 rings (SSSR count). The summed E-state index contributed by atoms with van der Waals surface area (Å²) >= 11 is 0. The molecule has 2 aromatic carbocycles. The largest absolute Gasteiger partial charge is 0.254 e. The van der Waals surface area contributed by atoms with Crippen LogP contribution < -0.4 is 0 Å². The van der Waals surface area contributed by atoms with Gasteiger partial charge in [0.1, 0.15) is 0 Å². The molecule has 0 fully saturated rings. The van der Waals surface area contributed by atoms with Crippen LogP contribution in [-0.2, 0) is 0 Å². The van der Waals surface area contributed by atoms with E-state index in [1.54, 1.807) is 0 Å². The van der Waals surface area contributed by atoms with Crippen LogP contribution in [0.15, 0.2) is 66.9 Å². The molecule has 2 aromatic heterocycles. The summed E-state index contributed by atoms with van der Waals surface area (Å²) in [6.07, 6.45) is 1.83. The molecule has 0 radical (unpaired) electrons. The van der Waals surface area contributed by atoms with Crippen LogP contribution in [0.4, 0.5) is 0 Å². The first-order valence-corrected chi connectivity index (χ1v) is 7.97. The molecule has 0 aliphatic heterocycles. The highest BCUT2D eigenvalue weighted by molar-refractivity contribution is 6.03. The van der Waals surface area contributed by atoms with Crippen LogP contribution in [-0.4, -0.2) is 9.97 Å². The van der Waals surface area contributed by atoms with Gasteiger partial charge in [0.05, 0.1) is 16.7 Å². The van der Waals surface area contributed by atoms with Crippen LogP contribution in [0.25, 0.3) is 33.1 Å². The molecule has 0 unspecified atom stereocenters. The highest BCUT2D eigenvalue weighted by Crippen LogP contribution is 2.27. The van der Waals surface area contributed by atoms with Crippen molar-refractivity contribution in [2.75, 3.05) is 0 Å². The van der Waals surface area contributed by atoms with Crippen LogP contribution in [0.5, 0.6) is 0 Å². The number of rotatable bonds is 2. The Bertz CT molecular complexity index is 1000. The molecule has 0 amide bonds. The molecule has 2 heteroatoms. The first-order chi connectivity index (χ1) is 11.2. The van der Waals surface area contributed by atoms with Gasteiger partial charge in [-0.3, -0.25) is 4.98 Å². The van der Waals surface area contributed by atoms with E-state index in [1.807, 2.05) is 12.3 Å². The number of nitrogens with zero attached hydrogens (tertiary/aromatic N) is 2. The second-order valence-electron chi connectivity index (χ2n) is 6.19. The summed E-state index contributed by atoms with van der Waals surface area (Å²) < 4.78 is 0. The van der Waals surface area contributed by atoms with Crippen LogP contribution in [0.2, 0.25) is 0 Å². The molecule has 0 N–H and O–H groups in total. The van der Waals surface area contributed by atoms with Crippen LogP contribution in [0.1, 0.15) is 25.3 Å². The molecule has 0 saturated carbocycles. The van der Waals surface area contributed by atoms with E-state index in [1.165, 1.54) is 5.56 Å². The summed E-state index contributed by atoms with van der Waals surface area (Å²) in [7, 11) is 0. The highest BCUT2D eigenvalue weighted by Gasteiger charge is 2.07. The molecule has 112 valence electrons. The van der Waals surface area contributed by atoms with E-state index in [4.69, 9.17) is 4.98 Å². The lowest BCUT2D eigenvalue weighted by Crippen LogP contribution is -1.91. The first-order valence-electron chi connectivity index (χ1n) is 7.97. The number of hydrogen-bond donors (Lipinski definition) is 0. The third-order valence-corrected chi connectivity index (χ3v) is 4.28. The predicted molar refractivity (Wildman–Crippen MR) is 96.6 cm³/mol. The summed E-state index contributed by atoms with van der Waals surface area (Å²) in [4.78, 5) is 9.44. The van der Waals surface area contributed by atoms with Crippen molar-refractivity contribution in [3.8, 4) is 11.3 Å². The van der Waals surface area contributed by atoms with E-state index in [9.17, 15) is 0 Å². The number of benzene rings is 2. The lowest BCUT2D eigenvalue weighted by Gasteiger charge is -2.09. The molecule has 0 bridgehead atoms. The topological polar surface area (TPSA) is 25.8 Å². The first kappa shape index (κ1) is 13.9. The van der Waals surface area contributed by atoms with Crippen molar-refractivity contribution in [3.63, 3.8) is 0 Å². The molecule has 2 nitrogen and oxygen atoms in total. The number of fused-ring (bicyclic) bond motifs is 3. The lowest BCUT2D eigenvalue weighted by molar-refractivity contribution is 0.867. The molecular weight excluding hydrogens is 280 g/mol. The monoisotopic (exact) mass is 298 g/mol. The third-order valence-electron chi connectivity index (χ3n) is 4.28. The second kappa shape index (κ2) is 5.47. The Kier molecular flexibility index (Phi) is 3.30. The second-order valence-corrected chi connectivity index (χ2v) is 6.19. The van der Waals surface area contributed by atoms with Gasteiger partial charge in [0.25, 0.3) is 0 Å². The molecule has 23 heavy (non-hydrogen) atoms. The van der Waals surface area contributed by atoms with Gasteiger partial charge < -0.3 is 0 Å². The fourth-order valence-electron chi connectivity index (χ4n) is 2.94. The van der Waals surface area contributed by atoms with Crippen molar-refractivity contribution in [1.82, 2.24) is 9.97 Å². The van der Waals surface area contributed by atoms with Crippen molar-refractivity contribution in [2.45, 2.75) is 19.8 Å². The van der Waals surface area contributed by atoms with Gasteiger partial charge >= 0.3 is 0 Å². The maximum Gasteiger partial charge on any atom is 0.0972 e. The summed E-state index contributed by atoms with van der Waals surface area (Å²) in [5.74, 6) is 0.512. The smallest absolute Gasteiger partial charge is 0.0972 e. The Labute approximate surface area is 135 Å². The van der Waals surface area contributed by atoms with Gasteiger partial charge in [-0.15, -0.1) is 0 Å². The molecule has 0 spiro atoms. The Balaban J connectivity index is 1.94. The Morgan fingerprint density at radius 3 is 2.39 bits per heavy atom. The van der Waals surface area contributed by atoms with Gasteiger partial charge in [-0.25, -0.2) is 4.98 Å². The molecule has 0 saturated heterocycles. The molecule has 4 aromatic rings. The van der Waals surface area contributed by atoms with E-state index < -0.39 is 0 Å². The zero-order valence-corrected chi connectivity index (χ0v) is 13.3. The van der Waals surface area contributed by atoms with E-state index in [0.717, 1.165) is 33.1 Å². The van der Waals surface area contributed by atoms with E-state index in [-0.39, 0.29) is 0 Å². The average molecular weight is 298 g/mol. The molecule has 0 aliphatic rings. The van der Waals surface area contributed by atoms with Gasteiger partial charge in [-0.05, 0) is 29.7 Å². The SMILES string of the molecule is CC(C)c1cccc(-c2ccc3ccc4cccnc4c3n2)c1. The number of aromatic nitrogens is 2. The Hall–Kier alpha value is -2.74. The van der Waals surface area contributed by atoms with E-state index in [0.29, 0.717) is 5.92 Å². The standard InChI is InChI=1S/C21H18N2/c1-14(2)17-5-3-6-18(13-17)19-11-10-16-9-8-15-7-4-12-22-20(15)21(16)23-19/h3-14H,1-2H3. The van der Waals surface area contributed by atoms with Gasteiger partial charge in [-0.1, -0.05) is 56.3 Å². The van der Waals surface area contributed by atoms with Crippen molar-refractivity contribution < 1.29 is 0 Å². The number of pyridine rings is 2. The van der Waals surface area contributed by atoms with Gasteiger partial charge in [-0.2, -0.15) is 0 Å². The fourth-order valence-corrected chi connectivity index (χ4v) is 2.94. The summed E-state index contributed by atoms with van der Waals surface area (Å²) in [6, 6.07) is 21.1. The average Bonchev–Trinajstić information content (AvgIpc) is 2.61. The zero-order valence-electron chi connectivity index (χ0n) is 13.3. The minimum Gasteiger partial charge on any atom is -0.254 e. The predicted octanol–water partition coefficient (Wildman–Crippen LogP) is 5.57. The quantitative estimate of drug-likeness (QED) is 0.452. The van der Waals surface area contributed by atoms with Crippen LogP contribution in [0, 0.1) is 0 Å². The maximum atomic E-state index is 4.91. The van der Waals surface area contributed by atoms with Gasteiger partial charge in [0.15, 0.2) is 0 Å². The van der Waals surface area contributed by atoms with Crippen molar-refractivity contribution >= 4 is 21.8 Å². The van der Waals surface area contributed by atoms with E-state index in [2.05, 4.69) is 73.4 Å². The Morgan fingerprint density at radius 1 is 0.783 bits per heavy atom. The fraction of sp³-hybridized carbons (Fsp3) is 0.143. The van der Waals surface area contributed by atoms with Crippen LogP contribution in [0.3, 0.4) is 0 Å². The molecular formula is C21H18N2. The zero-order chi connectivity index (χ0) is 15.8. The minimum absolute atomic E-state index is 0.512. The lowest BCUT2D eigenvalue weighted by atomic mass is 9.99.